The number of rotatable bonds is 2. The summed E-state index contributed by atoms with van der Waals surface area (Å²) in [7, 11) is 0. The first-order valence-electron chi connectivity index (χ1n) is 8.23. The smallest absolute Gasteiger partial charge is 0.220 e. The zero-order valence-electron chi connectivity index (χ0n) is 16.0. The van der Waals surface area contributed by atoms with E-state index in [2.05, 4.69) is 32.1 Å². The summed E-state index contributed by atoms with van der Waals surface area (Å²) < 4.78 is 13.9. The van der Waals surface area contributed by atoms with E-state index in [-0.39, 0.29) is 21.9 Å². The van der Waals surface area contributed by atoms with E-state index in [4.69, 9.17) is 0 Å². The molecular weight excluding hydrogens is 367 g/mol. The Morgan fingerprint density at radius 3 is 2.14 bits per heavy atom. The maximum Gasteiger partial charge on any atom is 0.220 e. The Balaban J connectivity index is 0. The molecule has 2 aliphatic rings. The second kappa shape index (κ2) is 12.8. The van der Waals surface area contributed by atoms with E-state index in [1.807, 2.05) is 19.9 Å². The molecule has 0 radical (unpaired) electrons. The number of nitrogens with one attached hydrogen (secondary N) is 1. The summed E-state index contributed by atoms with van der Waals surface area (Å²) in [5.41, 5.74) is 2.28. The molecule has 0 spiro atoms. The van der Waals surface area contributed by atoms with Gasteiger partial charge in [0.05, 0.1) is 0 Å². The Hall–Kier alpha value is -2.48. The zero-order chi connectivity index (χ0) is 16.9. The van der Waals surface area contributed by atoms with Crippen molar-refractivity contribution in [3.8, 4) is 23.0 Å². The molecule has 0 aromatic carbocycles. The molecule has 4 heterocycles. The van der Waals surface area contributed by atoms with Crippen LogP contribution in [-0.4, -0.2) is 48.9 Å². The van der Waals surface area contributed by atoms with Crippen molar-refractivity contribution in [2.24, 2.45) is 0 Å². The molecule has 3 atom stereocenters. The predicted molar refractivity (Wildman–Crippen MR) is 106 cm³/mol. The number of nitrogens with zero attached hydrogens (tertiary/aromatic N) is 3. The first-order chi connectivity index (χ1) is 11.7. The minimum atomic E-state index is -0.459. The van der Waals surface area contributed by atoms with Crippen LogP contribution >= 0.6 is 0 Å². The molecule has 2 fully saturated rings. The van der Waals surface area contributed by atoms with Gasteiger partial charge in [-0.25, -0.2) is 15.0 Å². The molecule has 2 aromatic rings. The molecule has 9 heteroatoms. The SMILES string of the molecule is CC#CC.Fc1ncc(C2CC3CCC2N3)cc1-c1cncnc1.O.O.O.O. The lowest BCUT2D eigenvalue weighted by molar-refractivity contribution is 0.502. The average Bonchev–Trinajstić information content (AvgIpc) is 3.26. The summed E-state index contributed by atoms with van der Waals surface area (Å²) in [4.78, 5) is 11.8. The van der Waals surface area contributed by atoms with Crippen LogP contribution in [0.3, 0.4) is 0 Å². The van der Waals surface area contributed by atoms with Gasteiger partial charge in [-0.05, 0) is 44.7 Å². The number of pyridine rings is 1. The molecule has 0 aliphatic carbocycles. The summed E-state index contributed by atoms with van der Waals surface area (Å²) in [6, 6.07) is 3.05. The van der Waals surface area contributed by atoms with Crippen LogP contribution in [-0.2, 0) is 0 Å². The summed E-state index contributed by atoms with van der Waals surface area (Å²) in [5, 5.41) is 3.60. The van der Waals surface area contributed by atoms with Crippen LogP contribution in [0.1, 0.15) is 44.6 Å². The van der Waals surface area contributed by atoms with Gasteiger partial charge in [-0.15, -0.1) is 11.8 Å². The van der Waals surface area contributed by atoms with Crippen LogP contribution in [0.25, 0.3) is 11.1 Å². The van der Waals surface area contributed by atoms with Crippen molar-refractivity contribution < 1.29 is 26.3 Å². The van der Waals surface area contributed by atoms with Gasteiger partial charge in [-0.3, -0.25) is 0 Å². The van der Waals surface area contributed by atoms with Gasteiger partial charge in [-0.2, -0.15) is 4.39 Å². The summed E-state index contributed by atoms with van der Waals surface area (Å²) in [5.74, 6) is 5.35. The van der Waals surface area contributed by atoms with Gasteiger partial charge < -0.3 is 27.2 Å². The molecule has 2 bridgehead atoms. The fourth-order valence-corrected chi connectivity index (χ4v) is 3.50. The highest BCUT2D eigenvalue weighted by Crippen LogP contribution is 2.40. The lowest BCUT2D eigenvalue weighted by Crippen LogP contribution is -2.21. The topological polar surface area (TPSA) is 177 Å². The van der Waals surface area contributed by atoms with Crippen LogP contribution in [0.5, 0.6) is 0 Å². The van der Waals surface area contributed by atoms with E-state index in [1.54, 1.807) is 18.6 Å². The van der Waals surface area contributed by atoms with Gasteiger partial charge in [0.2, 0.25) is 5.95 Å². The monoisotopic (exact) mass is 396 g/mol. The van der Waals surface area contributed by atoms with Crippen LogP contribution in [0, 0.1) is 17.8 Å². The van der Waals surface area contributed by atoms with Crippen molar-refractivity contribution in [2.45, 2.75) is 51.1 Å². The summed E-state index contributed by atoms with van der Waals surface area (Å²) in [6.45, 7) is 3.64. The van der Waals surface area contributed by atoms with Gasteiger partial charge in [-0.1, -0.05) is 0 Å². The molecule has 28 heavy (non-hydrogen) atoms. The Morgan fingerprint density at radius 1 is 1.00 bits per heavy atom. The van der Waals surface area contributed by atoms with Crippen molar-refractivity contribution >= 4 is 0 Å². The molecule has 9 N–H and O–H groups in total. The Labute approximate surface area is 163 Å². The number of halogens is 1. The van der Waals surface area contributed by atoms with Gasteiger partial charge in [0, 0.05) is 47.7 Å². The lowest BCUT2D eigenvalue weighted by Gasteiger charge is -2.20. The van der Waals surface area contributed by atoms with Gasteiger partial charge in [0.1, 0.15) is 6.33 Å². The number of hydrogen-bond acceptors (Lipinski definition) is 4. The van der Waals surface area contributed by atoms with Crippen LogP contribution < -0.4 is 5.32 Å². The highest BCUT2D eigenvalue weighted by molar-refractivity contribution is 5.62. The van der Waals surface area contributed by atoms with Crippen molar-refractivity contribution in [2.75, 3.05) is 0 Å². The van der Waals surface area contributed by atoms with Crippen molar-refractivity contribution in [3.63, 3.8) is 0 Å². The van der Waals surface area contributed by atoms with E-state index in [9.17, 15) is 4.39 Å². The van der Waals surface area contributed by atoms with E-state index < -0.39 is 5.95 Å². The van der Waals surface area contributed by atoms with Crippen molar-refractivity contribution in [3.05, 3.63) is 42.5 Å². The standard InChI is InChI=1S/C15H15FN4.C4H6.4H2O/c16-15-13(10-5-17-8-18-6-10)3-9(7-19-15)12-4-11-1-2-14(12)20-11;1-3-4-2;;;;/h3,5-8,11-12,14,20H,1-2,4H2;1-2H3;4*1H2. The third-order valence-corrected chi connectivity index (χ3v) is 4.71. The maximum absolute atomic E-state index is 13.9. The number of aromatic nitrogens is 3. The molecular formula is C19H29FN4O4. The highest BCUT2D eigenvalue weighted by Gasteiger charge is 2.39. The summed E-state index contributed by atoms with van der Waals surface area (Å²) in [6.07, 6.45) is 9.95. The first-order valence-corrected chi connectivity index (χ1v) is 8.23. The summed E-state index contributed by atoms with van der Waals surface area (Å²) >= 11 is 0. The van der Waals surface area contributed by atoms with E-state index >= 15 is 0 Å². The second-order valence-corrected chi connectivity index (χ2v) is 6.12. The first kappa shape index (κ1) is 27.7. The van der Waals surface area contributed by atoms with Gasteiger partial charge >= 0.3 is 0 Å². The maximum atomic E-state index is 13.9. The normalized spacial score (nSPS) is 20.5. The molecule has 0 saturated carbocycles. The Bertz CT molecular complexity index is 762. The van der Waals surface area contributed by atoms with E-state index in [0.29, 0.717) is 29.1 Å². The third kappa shape index (κ3) is 6.02. The molecule has 0 amide bonds. The van der Waals surface area contributed by atoms with Crippen molar-refractivity contribution in [1.29, 1.82) is 0 Å². The molecule has 8 nitrogen and oxygen atoms in total. The fraction of sp³-hybridized carbons (Fsp3) is 0.421. The lowest BCUT2D eigenvalue weighted by atomic mass is 9.84. The van der Waals surface area contributed by atoms with E-state index in [1.165, 1.54) is 19.2 Å². The third-order valence-electron chi connectivity index (χ3n) is 4.71. The fourth-order valence-electron chi connectivity index (χ4n) is 3.50. The van der Waals surface area contributed by atoms with Crippen LogP contribution in [0.2, 0.25) is 0 Å². The number of hydrogen-bond donors (Lipinski definition) is 1. The quantitative estimate of drug-likeness (QED) is 0.556. The Kier molecular flexibility index (Phi) is 12.7. The minimum absolute atomic E-state index is 0. The van der Waals surface area contributed by atoms with Gasteiger partial charge in [0.15, 0.2) is 0 Å². The molecule has 2 aliphatic heterocycles. The van der Waals surface area contributed by atoms with Gasteiger partial charge in [0.25, 0.3) is 0 Å². The molecule has 2 saturated heterocycles. The largest absolute Gasteiger partial charge is 0.412 e. The van der Waals surface area contributed by atoms with E-state index in [0.717, 1.165) is 12.0 Å². The molecule has 2 aromatic heterocycles. The average molecular weight is 396 g/mol. The minimum Gasteiger partial charge on any atom is -0.412 e. The molecule has 156 valence electrons. The van der Waals surface area contributed by atoms with Crippen molar-refractivity contribution in [1.82, 2.24) is 20.3 Å². The molecule has 3 unspecified atom stereocenters. The highest BCUT2D eigenvalue weighted by atomic mass is 19.1. The van der Waals surface area contributed by atoms with Crippen LogP contribution in [0.4, 0.5) is 4.39 Å². The van der Waals surface area contributed by atoms with Crippen LogP contribution in [0.15, 0.2) is 31.0 Å². The zero-order valence-corrected chi connectivity index (χ0v) is 16.0. The second-order valence-electron chi connectivity index (χ2n) is 6.12. The molecule has 4 rings (SSSR count). The Morgan fingerprint density at radius 2 is 1.64 bits per heavy atom. The number of fused-ring (bicyclic) bond motifs is 2. The predicted octanol–water partition coefficient (Wildman–Crippen LogP) is 0.0164.